The van der Waals surface area contributed by atoms with Gasteiger partial charge in [-0.05, 0) is 26.7 Å². The Labute approximate surface area is 88.2 Å². The third-order valence-corrected chi connectivity index (χ3v) is 3.47. The zero-order valence-corrected chi connectivity index (χ0v) is 9.34. The fourth-order valence-electron chi connectivity index (χ4n) is 1.74. The number of nitrogens with zero attached hydrogens (tertiary/aromatic N) is 1. The molecule has 1 fully saturated rings. The average molecular weight is 212 g/mol. The van der Waals surface area contributed by atoms with Crippen LogP contribution in [0.5, 0.6) is 0 Å². The van der Waals surface area contributed by atoms with Crippen molar-refractivity contribution in [2.75, 3.05) is 0 Å². The molecule has 1 aliphatic rings. The number of aliphatic hydroxyl groups excluding tert-OH is 1. The molecule has 1 aromatic heterocycles. The van der Waals surface area contributed by atoms with E-state index in [9.17, 15) is 0 Å². The first-order valence-corrected chi connectivity index (χ1v) is 5.89. The molecule has 1 aromatic rings. The molecule has 3 nitrogen and oxygen atoms in total. The summed E-state index contributed by atoms with van der Waals surface area (Å²) in [6, 6.07) is 0.777. The highest BCUT2D eigenvalue weighted by Gasteiger charge is 2.28. The van der Waals surface area contributed by atoms with Crippen LogP contribution in [0.3, 0.4) is 0 Å². The van der Waals surface area contributed by atoms with Crippen LogP contribution < -0.4 is 5.32 Å². The van der Waals surface area contributed by atoms with Crippen LogP contribution in [-0.4, -0.2) is 22.2 Å². The van der Waals surface area contributed by atoms with Crippen LogP contribution in [-0.2, 0) is 0 Å². The predicted molar refractivity (Wildman–Crippen MR) is 57.4 cm³/mol. The molecule has 0 spiro atoms. The highest BCUT2D eigenvalue weighted by atomic mass is 32.1. The normalized spacial score (nSPS) is 28.5. The van der Waals surface area contributed by atoms with E-state index in [1.165, 1.54) is 0 Å². The van der Waals surface area contributed by atoms with Gasteiger partial charge in [-0.2, -0.15) is 0 Å². The summed E-state index contributed by atoms with van der Waals surface area (Å²) in [4.78, 5) is 4.43. The van der Waals surface area contributed by atoms with Gasteiger partial charge < -0.3 is 10.4 Å². The van der Waals surface area contributed by atoms with Crippen LogP contribution in [0, 0.1) is 6.92 Å². The first kappa shape index (κ1) is 10.1. The lowest BCUT2D eigenvalue weighted by Gasteiger charge is -2.34. The number of hydrogen-bond donors (Lipinski definition) is 2. The van der Waals surface area contributed by atoms with Crippen LogP contribution in [0.2, 0.25) is 0 Å². The van der Waals surface area contributed by atoms with Crippen molar-refractivity contribution in [3.63, 3.8) is 0 Å². The molecule has 0 aliphatic heterocycles. The van der Waals surface area contributed by atoms with Crippen molar-refractivity contribution in [1.29, 1.82) is 0 Å². The predicted octanol–water partition coefficient (Wildman–Crippen LogP) is 1.63. The minimum Gasteiger partial charge on any atom is -0.393 e. The van der Waals surface area contributed by atoms with Gasteiger partial charge in [0.25, 0.3) is 0 Å². The standard InChI is InChI=1S/C10H16N2OS/c1-6(10-5-14-7(2)12-10)11-8-3-9(13)4-8/h5-6,8-9,11,13H,3-4H2,1-2H3. The fraction of sp³-hybridized carbons (Fsp3) is 0.700. The lowest BCUT2D eigenvalue weighted by atomic mass is 9.89. The van der Waals surface area contributed by atoms with Gasteiger partial charge in [-0.25, -0.2) is 4.98 Å². The van der Waals surface area contributed by atoms with Gasteiger partial charge in [0.2, 0.25) is 0 Å². The molecule has 14 heavy (non-hydrogen) atoms. The lowest BCUT2D eigenvalue weighted by Crippen LogP contribution is -2.45. The van der Waals surface area contributed by atoms with Crippen LogP contribution >= 0.6 is 11.3 Å². The van der Waals surface area contributed by atoms with E-state index in [4.69, 9.17) is 5.11 Å². The maximum Gasteiger partial charge on any atom is 0.0898 e. The summed E-state index contributed by atoms with van der Waals surface area (Å²) in [6.45, 7) is 4.15. The zero-order valence-electron chi connectivity index (χ0n) is 8.53. The summed E-state index contributed by atoms with van der Waals surface area (Å²) >= 11 is 1.69. The summed E-state index contributed by atoms with van der Waals surface area (Å²) in [5.74, 6) is 0. The van der Waals surface area contributed by atoms with Gasteiger partial charge >= 0.3 is 0 Å². The summed E-state index contributed by atoms with van der Waals surface area (Å²) in [5, 5.41) is 15.8. The first-order chi connectivity index (χ1) is 6.65. The Morgan fingerprint density at radius 2 is 2.36 bits per heavy atom. The molecule has 0 radical (unpaired) electrons. The zero-order chi connectivity index (χ0) is 10.1. The molecular formula is C10H16N2OS. The van der Waals surface area contributed by atoms with Crippen LogP contribution in [0.4, 0.5) is 0 Å². The quantitative estimate of drug-likeness (QED) is 0.800. The van der Waals surface area contributed by atoms with E-state index >= 15 is 0 Å². The van der Waals surface area contributed by atoms with E-state index in [1.807, 2.05) is 6.92 Å². The van der Waals surface area contributed by atoms with Crippen LogP contribution in [0.15, 0.2) is 5.38 Å². The number of aryl methyl sites for hydroxylation is 1. The molecule has 4 heteroatoms. The van der Waals surface area contributed by atoms with Crippen molar-refractivity contribution in [3.8, 4) is 0 Å². The number of aromatic nitrogens is 1. The van der Waals surface area contributed by atoms with Gasteiger partial charge in [-0.3, -0.25) is 0 Å². The minimum absolute atomic E-state index is 0.0862. The van der Waals surface area contributed by atoms with E-state index in [0.29, 0.717) is 12.1 Å². The molecule has 0 saturated heterocycles. The largest absolute Gasteiger partial charge is 0.393 e. The molecule has 78 valence electrons. The Morgan fingerprint density at radius 1 is 1.64 bits per heavy atom. The Kier molecular flexibility index (Phi) is 2.85. The van der Waals surface area contributed by atoms with Crippen molar-refractivity contribution in [2.45, 2.75) is 44.9 Å². The second-order valence-corrected chi connectivity index (χ2v) is 5.06. The van der Waals surface area contributed by atoms with Crippen molar-refractivity contribution >= 4 is 11.3 Å². The summed E-state index contributed by atoms with van der Waals surface area (Å²) in [5.41, 5.74) is 1.12. The lowest BCUT2D eigenvalue weighted by molar-refractivity contribution is 0.0584. The van der Waals surface area contributed by atoms with Gasteiger partial charge in [-0.15, -0.1) is 11.3 Å². The summed E-state index contributed by atoms with van der Waals surface area (Å²) in [6.07, 6.45) is 1.68. The number of nitrogens with one attached hydrogen (secondary N) is 1. The van der Waals surface area contributed by atoms with Gasteiger partial charge in [-0.1, -0.05) is 0 Å². The highest BCUT2D eigenvalue weighted by molar-refractivity contribution is 7.09. The van der Waals surface area contributed by atoms with Crippen molar-refractivity contribution in [3.05, 3.63) is 16.1 Å². The fourth-order valence-corrected chi connectivity index (χ4v) is 2.45. The topological polar surface area (TPSA) is 45.2 Å². The van der Waals surface area contributed by atoms with E-state index in [2.05, 4.69) is 22.6 Å². The SMILES string of the molecule is Cc1nc(C(C)NC2CC(O)C2)cs1. The summed E-state index contributed by atoms with van der Waals surface area (Å²) in [7, 11) is 0. The second-order valence-electron chi connectivity index (χ2n) is 4.00. The maximum atomic E-state index is 9.15. The molecule has 0 bridgehead atoms. The number of aliphatic hydroxyl groups is 1. The van der Waals surface area contributed by atoms with E-state index in [0.717, 1.165) is 23.5 Å². The Hall–Kier alpha value is -0.450. The average Bonchev–Trinajstić information content (AvgIpc) is 2.49. The molecule has 0 aromatic carbocycles. The van der Waals surface area contributed by atoms with Gasteiger partial charge in [0.1, 0.15) is 0 Å². The molecule has 2 N–H and O–H groups in total. The molecule has 1 saturated carbocycles. The molecule has 2 rings (SSSR count). The molecule has 1 unspecified atom stereocenters. The number of rotatable bonds is 3. The van der Waals surface area contributed by atoms with E-state index in [-0.39, 0.29) is 6.10 Å². The van der Waals surface area contributed by atoms with Gasteiger partial charge in [0, 0.05) is 17.5 Å². The Balaban J connectivity index is 1.86. The molecule has 1 aliphatic carbocycles. The van der Waals surface area contributed by atoms with Crippen molar-refractivity contribution in [2.24, 2.45) is 0 Å². The third-order valence-electron chi connectivity index (χ3n) is 2.68. The summed E-state index contributed by atoms with van der Waals surface area (Å²) < 4.78 is 0. The molecule has 1 heterocycles. The monoisotopic (exact) mass is 212 g/mol. The smallest absolute Gasteiger partial charge is 0.0898 e. The van der Waals surface area contributed by atoms with Gasteiger partial charge in [0.05, 0.1) is 16.8 Å². The number of thiazole rings is 1. The minimum atomic E-state index is -0.0862. The first-order valence-electron chi connectivity index (χ1n) is 5.01. The maximum absolute atomic E-state index is 9.15. The van der Waals surface area contributed by atoms with Crippen molar-refractivity contribution < 1.29 is 5.11 Å². The second kappa shape index (κ2) is 3.96. The van der Waals surface area contributed by atoms with E-state index in [1.54, 1.807) is 11.3 Å². The highest BCUT2D eigenvalue weighted by Crippen LogP contribution is 2.23. The van der Waals surface area contributed by atoms with Crippen LogP contribution in [0.1, 0.15) is 36.5 Å². The van der Waals surface area contributed by atoms with Gasteiger partial charge in [0.15, 0.2) is 0 Å². The number of hydrogen-bond acceptors (Lipinski definition) is 4. The Bertz CT molecular complexity index is 307. The molecule has 1 atom stereocenters. The van der Waals surface area contributed by atoms with Crippen molar-refractivity contribution in [1.82, 2.24) is 10.3 Å². The third kappa shape index (κ3) is 2.13. The molecule has 0 amide bonds. The molecular weight excluding hydrogens is 196 g/mol. The van der Waals surface area contributed by atoms with E-state index < -0.39 is 0 Å². The van der Waals surface area contributed by atoms with Crippen LogP contribution in [0.25, 0.3) is 0 Å². The Morgan fingerprint density at radius 3 is 2.86 bits per heavy atom.